The van der Waals surface area contributed by atoms with E-state index in [2.05, 4.69) is 12.1 Å². The first-order valence-electron chi connectivity index (χ1n) is 9.57. The van der Waals surface area contributed by atoms with Gasteiger partial charge in [0.05, 0.1) is 24.8 Å². The number of carbonyl (C=O) groups excluding carboxylic acids is 1. The maximum absolute atomic E-state index is 13.2. The molecule has 2 fully saturated rings. The van der Waals surface area contributed by atoms with Crippen LogP contribution in [0.3, 0.4) is 0 Å². The molecule has 1 unspecified atom stereocenters. The van der Waals surface area contributed by atoms with Crippen molar-refractivity contribution >= 4 is 29.4 Å². The molecule has 148 valence electrons. The van der Waals surface area contributed by atoms with Crippen LogP contribution in [-0.2, 0) is 0 Å². The summed E-state index contributed by atoms with van der Waals surface area (Å²) in [7, 11) is 3.27. The third-order valence-electron chi connectivity index (χ3n) is 5.36. The molecule has 1 amide bonds. The van der Waals surface area contributed by atoms with E-state index in [1.165, 1.54) is 17.1 Å². The Morgan fingerprint density at radius 2 is 1.64 bits per heavy atom. The number of hydrogen-bond donors (Lipinski definition) is 0. The van der Waals surface area contributed by atoms with E-state index in [0.717, 1.165) is 30.5 Å². The molecule has 0 N–H and O–H groups in total. The average molecular weight is 416 g/mol. The number of benzene rings is 2. The smallest absolute Gasteiger partial charge is 0.254 e. The van der Waals surface area contributed by atoms with Gasteiger partial charge in [0.1, 0.15) is 0 Å². The van der Waals surface area contributed by atoms with E-state index in [0.29, 0.717) is 16.1 Å². The summed E-state index contributed by atoms with van der Waals surface area (Å²) in [6.07, 6.45) is 1.98. The minimum Gasteiger partial charge on any atom is -0.493 e. The Hall–Kier alpha value is -1.79. The molecule has 2 aromatic rings. The molecule has 0 spiro atoms. The van der Waals surface area contributed by atoms with Crippen molar-refractivity contribution in [2.24, 2.45) is 0 Å². The predicted octanol–water partition coefficient (Wildman–Crippen LogP) is 5.16. The summed E-state index contributed by atoms with van der Waals surface area (Å²) in [6, 6.07) is 14.2. The highest BCUT2D eigenvalue weighted by Gasteiger charge is 2.31. The SMILES string of the molecule is COc1ccc(C2CCCN2C(=O)c2ccc(C3SCCS3)cc2)cc1OC. The highest BCUT2D eigenvalue weighted by atomic mass is 32.2. The topological polar surface area (TPSA) is 38.8 Å². The molecule has 2 saturated heterocycles. The lowest BCUT2D eigenvalue weighted by atomic mass is 10.0. The third-order valence-corrected chi connectivity index (χ3v) is 8.46. The monoisotopic (exact) mass is 415 g/mol. The summed E-state index contributed by atoms with van der Waals surface area (Å²) in [5, 5.41) is 0. The third kappa shape index (κ3) is 3.85. The van der Waals surface area contributed by atoms with Crippen LogP contribution < -0.4 is 9.47 Å². The summed E-state index contributed by atoms with van der Waals surface area (Å²) in [5.74, 6) is 3.93. The van der Waals surface area contributed by atoms with Crippen LogP contribution in [0.5, 0.6) is 11.5 Å². The minimum absolute atomic E-state index is 0.0768. The zero-order chi connectivity index (χ0) is 19.5. The van der Waals surface area contributed by atoms with Gasteiger partial charge in [-0.25, -0.2) is 0 Å². The predicted molar refractivity (Wildman–Crippen MR) is 117 cm³/mol. The van der Waals surface area contributed by atoms with Crippen molar-refractivity contribution in [1.29, 1.82) is 0 Å². The second kappa shape index (κ2) is 8.70. The van der Waals surface area contributed by atoms with Crippen molar-refractivity contribution in [3.8, 4) is 11.5 Å². The average Bonchev–Trinajstić information content (AvgIpc) is 3.45. The van der Waals surface area contributed by atoms with E-state index < -0.39 is 0 Å². The van der Waals surface area contributed by atoms with Crippen molar-refractivity contribution in [2.75, 3.05) is 32.3 Å². The van der Waals surface area contributed by atoms with Crippen molar-refractivity contribution in [3.05, 3.63) is 59.2 Å². The summed E-state index contributed by atoms with van der Waals surface area (Å²) in [5.41, 5.74) is 3.17. The van der Waals surface area contributed by atoms with E-state index >= 15 is 0 Å². The van der Waals surface area contributed by atoms with Gasteiger partial charge in [-0.15, -0.1) is 23.5 Å². The molecule has 0 radical (unpaired) electrons. The molecule has 2 aliphatic heterocycles. The second-order valence-electron chi connectivity index (χ2n) is 6.97. The van der Waals surface area contributed by atoms with Crippen LogP contribution in [0.4, 0.5) is 0 Å². The van der Waals surface area contributed by atoms with Gasteiger partial charge in [0.2, 0.25) is 0 Å². The number of nitrogens with zero attached hydrogens (tertiary/aromatic N) is 1. The summed E-state index contributed by atoms with van der Waals surface area (Å²) >= 11 is 3.97. The summed E-state index contributed by atoms with van der Waals surface area (Å²) in [6.45, 7) is 0.786. The van der Waals surface area contributed by atoms with E-state index in [1.54, 1.807) is 14.2 Å². The van der Waals surface area contributed by atoms with Crippen LogP contribution >= 0.6 is 23.5 Å². The van der Waals surface area contributed by atoms with Crippen LogP contribution in [0.1, 0.15) is 45.0 Å². The van der Waals surface area contributed by atoms with E-state index in [9.17, 15) is 4.79 Å². The Kier molecular flexibility index (Phi) is 6.07. The second-order valence-corrected chi connectivity index (χ2v) is 9.69. The number of likely N-dealkylation sites (tertiary alicyclic amines) is 1. The van der Waals surface area contributed by atoms with Crippen molar-refractivity contribution in [2.45, 2.75) is 23.5 Å². The number of ether oxygens (including phenoxy) is 2. The van der Waals surface area contributed by atoms with Crippen LogP contribution in [0.25, 0.3) is 0 Å². The Morgan fingerprint density at radius 1 is 0.964 bits per heavy atom. The molecule has 0 aromatic heterocycles. The summed E-state index contributed by atoms with van der Waals surface area (Å²) < 4.78 is 11.3. The van der Waals surface area contributed by atoms with Gasteiger partial charge in [-0.3, -0.25) is 4.79 Å². The molecule has 1 atom stereocenters. The van der Waals surface area contributed by atoms with E-state index in [-0.39, 0.29) is 11.9 Å². The van der Waals surface area contributed by atoms with Crippen LogP contribution in [0.2, 0.25) is 0 Å². The fourth-order valence-corrected chi connectivity index (χ4v) is 6.78. The molecule has 0 bridgehead atoms. The molecule has 6 heteroatoms. The number of hydrogen-bond acceptors (Lipinski definition) is 5. The van der Waals surface area contributed by atoms with Crippen molar-refractivity contribution < 1.29 is 14.3 Å². The van der Waals surface area contributed by atoms with Gasteiger partial charge in [-0.1, -0.05) is 18.2 Å². The van der Waals surface area contributed by atoms with Gasteiger partial charge in [-0.2, -0.15) is 0 Å². The highest BCUT2D eigenvalue weighted by molar-refractivity contribution is 8.19. The Bertz CT molecular complexity index is 834. The Balaban J connectivity index is 1.53. The fourth-order valence-electron chi connectivity index (χ4n) is 3.92. The normalized spacial score (nSPS) is 19.8. The first-order chi connectivity index (χ1) is 13.7. The number of carbonyl (C=O) groups is 1. The van der Waals surface area contributed by atoms with Gasteiger partial charge in [0.25, 0.3) is 5.91 Å². The van der Waals surface area contributed by atoms with Gasteiger partial charge in [0, 0.05) is 23.6 Å². The van der Waals surface area contributed by atoms with E-state index in [1.807, 2.05) is 58.8 Å². The Morgan fingerprint density at radius 3 is 2.32 bits per heavy atom. The maximum Gasteiger partial charge on any atom is 0.254 e. The molecular formula is C22H25NO3S2. The number of thioether (sulfide) groups is 2. The maximum atomic E-state index is 13.2. The highest BCUT2D eigenvalue weighted by Crippen LogP contribution is 2.45. The molecule has 4 nitrogen and oxygen atoms in total. The molecule has 4 rings (SSSR count). The fraction of sp³-hybridized carbons (Fsp3) is 0.409. The summed E-state index contributed by atoms with van der Waals surface area (Å²) in [4.78, 5) is 15.2. The molecule has 2 aromatic carbocycles. The lowest BCUT2D eigenvalue weighted by Crippen LogP contribution is -2.30. The number of methoxy groups -OCH3 is 2. The first kappa shape index (κ1) is 19.5. The standard InChI is InChI=1S/C22H25NO3S2/c1-25-19-10-9-17(14-20(19)26-2)18-4-3-11-23(18)21(24)15-5-7-16(8-6-15)22-27-12-13-28-22/h5-10,14,18,22H,3-4,11-13H2,1-2H3. The van der Waals surface area contributed by atoms with Gasteiger partial charge in [0.15, 0.2) is 11.5 Å². The van der Waals surface area contributed by atoms with E-state index in [4.69, 9.17) is 9.47 Å². The molecule has 0 aliphatic carbocycles. The Labute approximate surface area is 175 Å². The van der Waals surface area contributed by atoms with Crippen LogP contribution in [0, 0.1) is 0 Å². The first-order valence-corrected chi connectivity index (χ1v) is 11.7. The van der Waals surface area contributed by atoms with Crippen LogP contribution in [-0.4, -0.2) is 43.1 Å². The van der Waals surface area contributed by atoms with Gasteiger partial charge in [-0.05, 0) is 48.2 Å². The van der Waals surface area contributed by atoms with Crippen LogP contribution in [0.15, 0.2) is 42.5 Å². The molecule has 0 saturated carbocycles. The van der Waals surface area contributed by atoms with Crippen molar-refractivity contribution in [1.82, 2.24) is 4.90 Å². The largest absolute Gasteiger partial charge is 0.493 e. The zero-order valence-corrected chi connectivity index (χ0v) is 17.9. The minimum atomic E-state index is 0.0768. The molecule has 2 heterocycles. The van der Waals surface area contributed by atoms with Gasteiger partial charge >= 0.3 is 0 Å². The number of rotatable bonds is 5. The lowest BCUT2D eigenvalue weighted by molar-refractivity contribution is 0.0735. The molecule has 2 aliphatic rings. The molecule has 28 heavy (non-hydrogen) atoms. The van der Waals surface area contributed by atoms with Crippen molar-refractivity contribution in [3.63, 3.8) is 0 Å². The quantitative estimate of drug-likeness (QED) is 0.674. The number of amides is 1. The molecular weight excluding hydrogens is 390 g/mol. The zero-order valence-electron chi connectivity index (χ0n) is 16.2. The lowest BCUT2D eigenvalue weighted by Gasteiger charge is -2.26. The van der Waals surface area contributed by atoms with Gasteiger partial charge < -0.3 is 14.4 Å².